The molecule has 1 fully saturated rings. The lowest BCUT2D eigenvalue weighted by molar-refractivity contribution is -0.220. The number of carbonyl (C=O) groups excluding carboxylic acids is 3. The number of aliphatic hydroxyl groups is 5. The first-order valence-corrected chi connectivity index (χ1v) is 24.9. The standard InChI is InChI=1S/C47H81O14P/c1-3-5-7-9-11-13-15-17-18-20-22-24-26-28-30-34-41(50)60-39(37-59-62(56,57)61-47-45(54)43(52)42(51)44(53)46(47)55)36-58-40(49)35-31-33-38(48)32-29-27-25-23-21-19-16-14-12-10-8-6-4-2/h12,14,19,21,25,27,29,32,39,42-47,51-55H,3-11,13,15-18,20,22-24,26,28,30-31,33-37H2,1-2H3,(H,56,57)/b14-12-,21-19-,27-25-,32-29+/t39-,42?,43-,44+,45-,46-,47?/m1/s1. The minimum Gasteiger partial charge on any atom is -0.462 e. The lowest BCUT2D eigenvalue weighted by Gasteiger charge is -2.41. The molecule has 1 aliphatic rings. The summed E-state index contributed by atoms with van der Waals surface area (Å²) in [4.78, 5) is 47.9. The molecule has 0 spiro atoms. The molecule has 15 heteroatoms. The van der Waals surface area contributed by atoms with Gasteiger partial charge in [0.25, 0.3) is 0 Å². The lowest BCUT2D eigenvalue weighted by atomic mass is 9.85. The van der Waals surface area contributed by atoms with Gasteiger partial charge in [-0.1, -0.05) is 159 Å². The van der Waals surface area contributed by atoms with Crippen molar-refractivity contribution in [2.75, 3.05) is 13.2 Å². The fraction of sp³-hybridized carbons (Fsp3) is 0.766. The number of hydrogen-bond donors (Lipinski definition) is 6. The first-order chi connectivity index (χ1) is 29.8. The first-order valence-electron chi connectivity index (χ1n) is 23.4. The van der Waals surface area contributed by atoms with E-state index in [0.717, 1.165) is 44.9 Å². The average Bonchev–Trinajstić information content (AvgIpc) is 3.25. The Bertz CT molecular complexity index is 1330. The zero-order valence-electron chi connectivity index (χ0n) is 37.6. The van der Waals surface area contributed by atoms with Crippen LogP contribution < -0.4 is 0 Å². The Kier molecular flexibility index (Phi) is 34.1. The maximum Gasteiger partial charge on any atom is 0.472 e. The van der Waals surface area contributed by atoms with Crippen molar-refractivity contribution in [3.63, 3.8) is 0 Å². The Morgan fingerprint density at radius 2 is 1.03 bits per heavy atom. The molecule has 0 heterocycles. The molecule has 0 aromatic carbocycles. The molecule has 1 saturated carbocycles. The predicted molar refractivity (Wildman–Crippen MR) is 240 cm³/mol. The van der Waals surface area contributed by atoms with Gasteiger partial charge in [0.1, 0.15) is 43.2 Å². The van der Waals surface area contributed by atoms with Crippen LogP contribution in [0.3, 0.4) is 0 Å². The lowest BCUT2D eigenvalue weighted by Crippen LogP contribution is -2.64. The van der Waals surface area contributed by atoms with Crippen LogP contribution in [0.5, 0.6) is 0 Å². The van der Waals surface area contributed by atoms with E-state index >= 15 is 0 Å². The summed E-state index contributed by atoms with van der Waals surface area (Å²) in [6, 6.07) is 0. The van der Waals surface area contributed by atoms with Gasteiger partial charge in [0, 0.05) is 19.3 Å². The van der Waals surface area contributed by atoms with Crippen LogP contribution in [0.25, 0.3) is 0 Å². The number of allylic oxidation sites excluding steroid dienone is 8. The van der Waals surface area contributed by atoms with E-state index in [1.165, 1.54) is 89.5 Å². The van der Waals surface area contributed by atoms with Crippen molar-refractivity contribution in [1.82, 2.24) is 0 Å². The molecule has 0 saturated heterocycles. The second-order valence-electron chi connectivity index (χ2n) is 16.3. The molecular weight excluding hydrogens is 819 g/mol. The Hall–Kier alpha value is -2.52. The van der Waals surface area contributed by atoms with Gasteiger partial charge >= 0.3 is 19.8 Å². The van der Waals surface area contributed by atoms with E-state index in [9.17, 15) is 49.4 Å². The number of ether oxygens (including phenoxy) is 2. The van der Waals surface area contributed by atoms with Crippen LogP contribution in [0.4, 0.5) is 0 Å². The van der Waals surface area contributed by atoms with Gasteiger partial charge in [-0.05, 0) is 44.6 Å². The van der Waals surface area contributed by atoms with Gasteiger partial charge in [0.2, 0.25) is 0 Å². The molecule has 1 rings (SSSR count). The van der Waals surface area contributed by atoms with Crippen LogP contribution >= 0.6 is 7.82 Å². The van der Waals surface area contributed by atoms with Gasteiger partial charge in [0.15, 0.2) is 11.9 Å². The van der Waals surface area contributed by atoms with Crippen molar-refractivity contribution in [3.05, 3.63) is 48.6 Å². The monoisotopic (exact) mass is 901 g/mol. The molecule has 14 nitrogen and oxygen atoms in total. The fourth-order valence-corrected chi connectivity index (χ4v) is 7.80. The molecule has 0 bridgehead atoms. The number of rotatable bonds is 38. The highest BCUT2D eigenvalue weighted by atomic mass is 31.2. The van der Waals surface area contributed by atoms with Gasteiger partial charge in [-0.25, -0.2) is 4.57 Å². The predicted octanol–water partition coefficient (Wildman–Crippen LogP) is 8.35. The minimum atomic E-state index is -5.17. The van der Waals surface area contributed by atoms with Crippen LogP contribution in [-0.4, -0.2) is 104 Å². The molecule has 8 atom stereocenters. The molecule has 6 N–H and O–H groups in total. The third-order valence-electron chi connectivity index (χ3n) is 10.6. The summed E-state index contributed by atoms with van der Waals surface area (Å²) in [5.41, 5.74) is 0. The Balaban J connectivity index is 2.54. The quantitative estimate of drug-likeness (QED) is 0.00855. The molecule has 0 aromatic rings. The van der Waals surface area contributed by atoms with E-state index in [0.29, 0.717) is 6.42 Å². The van der Waals surface area contributed by atoms with Gasteiger partial charge in [-0.3, -0.25) is 23.4 Å². The van der Waals surface area contributed by atoms with Gasteiger partial charge in [-0.2, -0.15) is 0 Å². The van der Waals surface area contributed by atoms with E-state index in [2.05, 4.69) is 38.2 Å². The van der Waals surface area contributed by atoms with E-state index in [1.807, 2.05) is 6.08 Å². The average molecular weight is 901 g/mol. The van der Waals surface area contributed by atoms with Gasteiger partial charge in [0.05, 0.1) is 6.61 Å². The number of carbonyl (C=O) groups is 3. The number of esters is 2. The van der Waals surface area contributed by atoms with Gasteiger partial charge < -0.3 is 39.9 Å². The van der Waals surface area contributed by atoms with Crippen LogP contribution in [0.1, 0.15) is 174 Å². The SMILES string of the molecule is CCCCC/C=C\C/C=C\C/C=C\C=C\C(=O)CCCC(=O)OC[C@H](COP(=O)(O)OC1[C@H](O)[C@H](O)C(O)[C@H](O)[C@H]1O)OC(=O)CCCCCCCCCCCCCCCCC. The Labute approximate surface area is 371 Å². The van der Waals surface area contributed by atoms with E-state index in [1.54, 1.807) is 12.2 Å². The second-order valence-corrected chi connectivity index (χ2v) is 17.7. The highest BCUT2D eigenvalue weighted by molar-refractivity contribution is 7.47. The van der Waals surface area contributed by atoms with Crippen LogP contribution in [0.2, 0.25) is 0 Å². The first kappa shape index (κ1) is 57.5. The molecule has 0 aromatic heterocycles. The molecular formula is C47H81O14P. The largest absolute Gasteiger partial charge is 0.472 e. The smallest absolute Gasteiger partial charge is 0.462 e. The van der Waals surface area contributed by atoms with E-state index < -0.39 is 75.7 Å². The normalized spacial score (nSPS) is 22.2. The number of aliphatic hydroxyl groups excluding tert-OH is 5. The van der Waals surface area contributed by atoms with Gasteiger partial charge in [-0.15, -0.1) is 0 Å². The third kappa shape index (κ3) is 29.0. The summed E-state index contributed by atoms with van der Waals surface area (Å²) in [6.45, 7) is 3.06. The third-order valence-corrected chi connectivity index (χ3v) is 11.6. The minimum absolute atomic E-state index is 0.0485. The van der Waals surface area contributed by atoms with Crippen molar-refractivity contribution in [2.24, 2.45) is 0 Å². The highest BCUT2D eigenvalue weighted by Crippen LogP contribution is 2.47. The van der Waals surface area contributed by atoms with Crippen molar-refractivity contribution in [2.45, 2.75) is 217 Å². The summed E-state index contributed by atoms with van der Waals surface area (Å²) in [5, 5.41) is 50.1. The van der Waals surface area contributed by atoms with Crippen molar-refractivity contribution in [3.8, 4) is 0 Å². The Morgan fingerprint density at radius 1 is 0.548 bits per heavy atom. The summed E-state index contributed by atoms with van der Waals surface area (Å²) >= 11 is 0. The van der Waals surface area contributed by atoms with E-state index in [-0.39, 0.29) is 31.5 Å². The number of hydrogen-bond acceptors (Lipinski definition) is 13. The summed E-state index contributed by atoms with van der Waals surface area (Å²) < 4.78 is 33.3. The zero-order valence-corrected chi connectivity index (χ0v) is 38.5. The number of phosphoric ester groups is 1. The molecule has 1 aliphatic carbocycles. The van der Waals surface area contributed by atoms with Crippen molar-refractivity contribution in [1.29, 1.82) is 0 Å². The number of unbranched alkanes of at least 4 members (excludes halogenated alkanes) is 17. The molecule has 0 aliphatic heterocycles. The molecule has 0 amide bonds. The summed E-state index contributed by atoms with van der Waals surface area (Å²) in [5.74, 6) is -1.53. The Morgan fingerprint density at radius 3 is 1.61 bits per heavy atom. The van der Waals surface area contributed by atoms with Crippen LogP contribution in [0.15, 0.2) is 48.6 Å². The maximum absolute atomic E-state index is 12.8. The number of ketones is 1. The molecule has 358 valence electrons. The summed E-state index contributed by atoms with van der Waals surface area (Å²) in [6.07, 6.45) is 25.9. The molecule has 62 heavy (non-hydrogen) atoms. The molecule has 3 unspecified atom stereocenters. The topological polar surface area (TPSA) is 227 Å². The summed E-state index contributed by atoms with van der Waals surface area (Å²) in [7, 11) is -5.17. The highest BCUT2D eigenvalue weighted by Gasteiger charge is 2.51. The fourth-order valence-electron chi connectivity index (χ4n) is 6.83. The van der Waals surface area contributed by atoms with Crippen molar-refractivity contribution >= 4 is 25.5 Å². The number of phosphoric acid groups is 1. The molecule has 0 radical (unpaired) electrons. The van der Waals surface area contributed by atoms with Crippen LogP contribution in [0, 0.1) is 0 Å². The maximum atomic E-state index is 12.8. The van der Waals surface area contributed by atoms with Crippen LogP contribution in [-0.2, 0) is 37.5 Å². The van der Waals surface area contributed by atoms with E-state index in [4.69, 9.17) is 18.5 Å². The second kappa shape index (κ2) is 36.8. The zero-order chi connectivity index (χ0) is 45.9. The van der Waals surface area contributed by atoms with Crippen molar-refractivity contribution < 1.29 is 67.9 Å².